The number of aromatic carboxylic acids is 1. The van der Waals surface area contributed by atoms with Gasteiger partial charge in [0.1, 0.15) is 5.75 Å². The van der Waals surface area contributed by atoms with Crippen molar-refractivity contribution in [2.45, 2.75) is 33.8 Å². The third kappa shape index (κ3) is 3.79. The molecule has 0 radical (unpaired) electrons. The number of pyridine rings is 1. The zero-order chi connectivity index (χ0) is 18.7. The van der Waals surface area contributed by atoms with Crippen molar-refractivity contribution in [1.29, 1.82) is 0 Å². The average molecular weight is 343 g/mol. The summed E-state index contributed by atoms with van der Waals surface area (Å²) in [5.74, 6) is -1.10. The molecule has 0 saturated heterocycles. The van der Waals surface area contributed by atoms with Crippen LogP contribution in [0.4, 0.5) is 0 Å². The molecular weight excluding hydrogens is 322 g/mol. The Kier molecular flexibility index (Phi) is 5.41. The number of aryl methyl sites for hydroxylation is 2. The summed E-state index contributed by atoms with van der Waals surface area (Å²) in [5.41, 5.74) is 1.83. The van der Waals surface area contributed by atoms with Crippen LogP contribution in [0.15, 0.2) is 24.3 Å². The number of nitrogens with zero attached hydrogens (tertiary/aromatic N) is 1. The van der Waals surface area contributed by atoms with E-state index in [4.69, 9.17) is 9.47 Å². The van der Waals surface area contributed by atoms with Gasteiger partial charge in [-0.3, -0.25) is 4.98 Å². The van der Waals surface area contributed by atoms with E-state index in [1.807, 2.05) is 0 Å². The van der Waals surface area contributed by atoms with E-state index in [1.54, 1.807) is 59.1 Å². The maximum Gasteiger partial charge on any atom is 0.340 e. The molecule has 0 aliphatic rings. The molecule has 132 valence electrons. The largest absolute Gasteiger partial charge is 0.497 e. The van der Waals surface area contributed by atoms with Gasteiger partial charge in [-0.25, -0.2) is 9.59 Å². The van der Waals surface area contributed by atoms with Gasteiger partial charge in [0.05, 0.1) is 35.7 Å². The minimum Gasteiger partial charge on any atom is -0.497 e. The number of rotatable bonds is 5. The summed E-state index contributed by atoms with van der Waals surface area (Å²) in [6.45, 7) is 6.75. The van der Waals surface area contributed by atoms with Gasteiger partial charge in [0.2, 0.25) is 0 Å². The summed E-state index contributed by atoms with van der Waals surface area (Å²) < 4.78 is 10.4. The number of hydrogen-bond donors (Lipinski definition) is 1. The first-order valence-electron chi connectivity index (χ1n) is 7.86. The lowest BCUT2D eigenvalue weighted by molar-refractivity contribution is 0.0377. The van der Waals surface area contributed by atoms with Crippen molar-refractivity contribution in [3.05, 3.63) is 46.8 Å². The van der Waals surface area contributed by atoms with Crippen LogP contribution in [0, 0.1) is 13.8 Å². The number of carbonyl (C=O) groups is 2. The number of esters is 1. The van der Waals surface area contributed by atoms with E-state index in [2.05, 4.69) is 4.98 Å². The van der Waals surface area contributed by atoms with Gasteiger partial charge >= 0.3 is 11.9 Å². The third-order valence-corrected chi connectivity index (χ3v) is 3.70. The van der Waals surface area contributed by atoms with Crippen molar-refractivity contribution in [1.82, 2.24) is 4.98 Å². The molecule has 2 rings (SSSR count). The summed E-state index contributed by atoms with van der Waals surface area (Å²) >= 11 is 0. The van der Waals surface area contributed by atoms with Crippen molar-refractivity contribution in [2.75, 3.05) is 7.11 Å². The molecule has 0 aliphatic carbocycles. The molecule has 1 heterocycles. The maximum atomic E-state index is 12.6. The molecule has 6 heteroatoms. The Hall–Kier alpha value is -2.89. The highest BCUT2D eigenvalue weighted by atomic mass is 16.5. The van der Waals surface area contributed by atoms with Crippen LogP contribution in [0.1, 0.15) is 46.0 Å². The molecule has 1 aromatic heterocycles. The summed E-state index contributed by atoms with van der Waals surface area (Å²) in [6.07, 6.45) is -0.329. The van der Waals surface area contributed by atoms with E-state index in [0.717, 1.165) is 0 Å². The first-order valence-corrected chi connectivity index (χ1v) is 7.86. The molecule has 2 aromatic rings. The number of carboxylic acid groups (broad SMARTS) is 1. The number of hydrogen-bond acceptors (Lipinski definition) is 5. The average Bonchev–Trinajstić information content (AvgIpc) is 2.52. The molecule has 0 fully saturated rings. The van der Waals surface area contributed by atoms with Crippen molar-refractivity contribution in [3.8, 4) is 16.9 Å². The fraction of sp³-hybridized carbons (Fsp3) is 0.316. The van der Waals surface area contributed by atoms with Crippen molar-refractivity contribution in [3.63, 3.8) is 0 Å². The van der Waals surface area contributed by atoms with Gasteiger partial charge in [-0.2, -0.15) is 0 Å². The van der Waals surface area contributed by atoms with E-state index in [9.17, 15) is 14.7 Å². The summed E-state index contributed by atoms with van der Waals surface area (Å²) in [6, 6.07) is 6.85. The fourth-order valence-electron chi connectivity index (χ4n) is 2.68. The number of aromatic nitrogens is 1. The number of carbonyl (C=O) groups excluding carboxylic acids is 1. The molecule has 0 bridgehead atoms. The molecule has 0 atom stereocenters. The Morgan fingerprint density at radius 3 is 2.08 bits per heavy atom. The Morgan fingerprint density at radius 2 is 1.60 bits per heavy atom. The van der Waals surface area contributed by atoms with Gasteiger partial charge in [-0.05, 0) is 45.4 Å². The van der Waals surface area contributed by atoms with Gasteiger partial charge in [0.25, 0.3) is 0 Å². The van der Waals surface area contributed by atoms with Gasteiger partial charge in [-0.1, -0.05) is 12.1 Å². The van der Waals surface area contributed by atoms with Crippen molar-refractivity contribution < 1.29 is 24.2 Å². The zero-order valence-corrected chi connectivity index (χ0v) is 14.9. The van der Waals surface area contributed by atoms with Crippen LogP contribution in [0.2, 0.25) is 0 Å². The minimum atomic E-state index is -1.14. The van der Waals surface area contributed by atoms with Gasteiger partial charge in [0.15, 0.2) is 0 Å². The number of methoxy groups -OCH3 is 1. The van der Waals surface area contributed by atoms with Gasteiger partial charge in [0, 0.05) is 5.56 Å². The lowest BCUT2D eigenvalue weighted by atomic mass is 9.92. The molecule has 1 aromatic carbocycles. The minimum absolute atomic E-state index is 0.00790. The molecule has 0 spiro atoms. The predicted octanol–water partition coefficient (Wildman–Crippen LogP) is 3.64. The summed E-state index contributed by atoms with van der Waals surface area (Å²) in [7, 11) is 1.55. The number of ether oxygens (including phenoxy) is 2. The van der Waals surface area contributed by atoms with Crippen LogP contribution in [0.3, 0.4) is 0 Å². The quantitative estimate of drug-likeness (QED) is 0.834. The van der Waals surface area contributed by atoms with E-state index in [1.165, 1.54) is 0 Å². The number of carboxylic acids is 1. The Labute approximate surface area is 146 Å². The highest BCUT2D eigenvalue weighted by Gasteiger charge is 2.27. The lowest BCUT2D eigenvalue weighted by Gasteiger charge is -2.18. The van der Waals surface area contributed by atoms with Crippen LogP contribution >= 0.6 is 0 Å². The summed E-state index contributed by atoms with van der Waals surface area (Å²) in [5, 5.41) is 9.67. The van der Waals surface area contributed by atoms with Crippen LogP contribution in [0.5, 0.6) is 5.75 Å². The van der Waals surface area contributed by atoms with E-state index in [0.29, 0.717) is 28.3 Å². The number of benzene rings is 1. The molecule has 0 saturated carbocycles. The van der Waals surface area contributed by atoms with Gasteiger partial charge < -0.3 is 14.6 Å². The normalized spacial score (nSPS) is 10.6. The van der Waals surface area contributed by atoms with Crippen LogP contribution in [-0.4, -0.2) is 35.2 Å². The monoisotopic (exact) mass is 343 g/mol. The highest BCUT2D eigenvalue weighted by Crippen LogP contribution is 2.33. The van der Waals surface area contributed by atoms with Crippen molar-refractivity contribution in [2.24, 2.45) is 0 Å². The second kappa shape index (κ2) is 7.34. The van der Waals surface area contributed by atoms with Crippen LogP contribution in [0.25, 0.3) is 11.1 Å². The molecule has 25 heavy (non-hydrogen) atoms. The highest BCUT2D eigenvalue weighted by molar-refractivity contribution is 6.06. The molecule has 6 nitrogen and oxygen atoms in total. The fourth-order valence-corrected chi connectivity index (χ4v) is 2.68. The summed E-state index contributed by atoms with van der Waals surface area (Å²) in [4.78, 5) is 28.7. The van der Waals surface area contributed by atoms with E-state index in [-0.39, 0.29) is 17.2 Å². The van der Waals surface area contributed by atoms with E-state index >= 15 is 0 Å². The van der Waals surface area contributed by atoms with Crippen molar-refractivity contribution >= 4 is 11.9 Å². The second-order valence-electron chi connectivity index (χ2n) is 5.90. The third-order valence-electron chi connectivity index (χ3n) is 3.70. The molecule has 0 unspecified atom stereocenters. The Bertz CT molecular complexity index is 810. The first-order chi connectivity index (χ1) is 11.8. The van der Waals surface area contributed by atoms with E-state index < -0.39 is 11.9 Å². The first kappa shape index (κ1) is 18.4. The standard InChI is InChI=1S/C19H21NO5/c1-10(2)25-19(23)16-12(4)20-11(3)15(18(21)22)17(16)13-6-8-14(24-5)9-7-13/h6-10H,1-5H3,(H,21,22). The predicted molar refractivity (Wildman–Crippen MR) is 93.2 cm³/mol. The van der Waals surface area contributed by atoms with Crippen LogP contribution in [-0.2, 0) is 4.74 Å². The SMILES string of the molecule is COc1ccc(-c2c(C(=O)O)c(C)nc(C)c2C(=O)OC(C)C)cc1. The molecule has 1 N–H and O–H groups in total. The Morgan fingerprint density at radius 1 is 1.04 bits per heavy atom. The Balaban J connectivity index is 2.79. The maximum absolute atomic E-state index is 12.6. The zero-order valence-electron chi connectivity index (χ0n) is 14.9. The smallest absolute Gasteiger partial charge is 0.340 e. The molecule has 0 aliphatic heterocycles. The van der Waals surface area contributed by atoms with Crippen LogP contribution < -0.4 is 4.74 Å². The van der Waals surface area contributed by atoms with Gasteiger partial charge in [-0.15, -0.1) is 0 Å². The molecule has 0 amide bonds. The second-order valence-corrected chi connectivity index (χ2v) is 5.90. The lowest BCUT2D eigenvalue weighted by Crippen LogP contribution is -2.18. The molecular formula is C19H21NO5. The topological polar surface area (TPSA) is 85.7 Å².